The minimum Gasteiger partial charge on any atom is -0.455 e. The number of carbonyl (C=O) groups excluding carboxylic acids is 1. The largest absolute Gasteiger partial charge is 0.455 e. The van der Waals surface area contributed by atoms with Crippen molar-refractivity contribution in [1.29, 1.82) is 0 Å². The monoisotopic (exact) mass is 838 g/mol. The lowest BCUT2D eigenvalue weighted by Gasteiger charge is -2.39. The van der Waals surface area contributed by atoms with Gasteiger partial charge in [0.25, 0.3) is 21.6 Å². The van der Waals surface area contributed by atoms with Crippen LogP contribution >= 0.6 is 0 Å². The molecule has 0 atom stereocenters. The third-order valence-corrected chi connectivity index (χ3v) is 13.6. The SMILES string of the molecule is C=C(CCC)C1=C(CN2CCN(c3ccc(C(=O)NS(=O)(=O)c4ccc(NCC5CCN(C)CC5)c([N+](=O)[O-])c4)c(Oc4cnc5[nH]ccc5c4)c3)CC2)CCC(C)(C)C1. The first-order valence-corrected chi connectivity index (χ1v) is 22.6. The average molecular weight is 839 g/mol. The molecule has 3 N–H and O–H groups in total. The number of anilines is 2. The summed E-state index contributed by atoms with van der Waals surface area (Å²) in [5.74, 6) is -0.0793. The van der Waals surface area contributed by atoms with Crippen molar-refractivity contribution in [2.45, 2.75) is 70.6 Å². The molecule has 0 radical (unpaired) electrons. The summed E-state index contributed by atoms with van der Waals surface area (Å²) in [6, 6.07) is 12.4. The topological polar surface area (TPSA) is 166 Å². The molecule has 4 aromatic rings. The van der Waals surface area contributed by atoms with Crippen LogP contribution < -0.4 is 19.7 Å². The average Bonchev–Trinajstić information content (AvgIpc) is 3.69. The quantitative estimate of drug-likeness (QED) is 0.0782. The summed E-state index contributed by atoms with van der Waals surface area (Å²) < 4.78 is 35.8. The van der Waals surface area contributed by atoms with Crippen LogP contribution in [-0.4, -0.2) is 98.4 Å². The van der Waals surface area contributed by atoms with Crippen LogP contribution in [0.1, 0.15) is 76.1 Å². The zero-order valence-corrected chi connectivity index (χ0v) is 36.1. The van der Waals surface area contributed by atoms with Gasteiger partial charge in [-0.15, -0.1) is 0 Å². The molecule has 0 bridgehead atoms. The van der Waals surface area contributed by atoms with Crippen molar-refractivity contribution in [2.75, 3.05) is 69.6 Å². The molecule has 2 aromatic carbocycles. The Balaban J connectivity index is 1.09. The number of aromatic nitrogens is 2. The van der Waals surface area contributed by atoms with Crippen molar-refractivity contribution < 1.29 is 22.9 Å². The van der Waals surface area contributed by atoms with E-state index in [2.05, 4.69) is 69.1 Å². The van der Waals surface area contributed by atoms with Gasteiger partial charge in [0.2, 0.25) is 0 Å². The standard InChI is InChI=1S/C45H58N8O6S/c1-6-7-31(2)39-27-45(3,4)16-12-34(39)30-51-20-22-52(23-21-51)35-8-10-38(42(25-35)59-36-24-33-13-17-46-43(33)48-29-36)44(54)49-60(57,58)37-9-11-40(41(26-37)53(55)56)47-28-32-14-18-50(5)19-15-32/h8-11,13,17,24-26,29,32,47H,2,6-7,12,14-16,18-23,27-28,30H2,1,3-5H3,(H,46,48)(H,49,54). The number of likely N-dealkylation sites (tertiary alicyclic amines) is 1. The zero-order valence-electron chi connectivity index (χ0n) is 35.3. The smallest absolute Gasteiger partial charge is 0.293 e. The summed E-state index contributed by atoms with van der Waals surface area (Å²) in [6.07, 6.45) is 10.7. The van der Waals surface area contributed by atoms with Crippen molar-refractivity contribution in [1.82, 2.24) is 24.5 Å². The molecule has 3 aliphatic rings. The Morgan fingerprint density at radius 3 is 2.57 bits per heavy atom. The number of hydrogen-bond acceptors (Lipinski definition) is 11. The van der Waals surface area contributed by atoms with Crippen molar-refractivity contribution in [3.05, 3.63) is 99.9 Å². The molecule has 7 rings (SSSR count). The molecule has 4 heterocycles. The number of amides is 1. The molecule has 0 spiro atoms. The Morgan fingerprint density at radius 1 is 1.07 bits per heavy atom. The number of nitrogens with one attached hydrogen (secondary N) is 3. The Kier molecular flexibility index (Phi) is 13.0. The molecular weight excluding hydrogens is 781 g/mol. The molecule has 2 aliphatic heterocycles. The highest BCUT2D eigenvalue weighted by molar-refractivity contribution is 7.90. The molecule has 14 nitrogen and oxygen atoms in total. The minimum absolute atomic E-state index is 0.0203. The number of nitrogens with zero attached hydrogens (tertiary/aromatic N) is 5. The third-order valence-electron chi connectivity index (χ3n) is 12.3. The van der Waals surface area contributed by atoms with Gasteiger partial charge in [-0.1, -0.05) is 44.9 Å². The number of ether oxygens (including phenoxy) is 1. The summed E-state index contributed by atoms with van der Waals surface area (Å²) in [6.45, 7) is 18.0. The number of benzene rings is 2. The molecule has 0 unspecified atom stereocenters. The number of fused-ring (bicyclic) bond motifs is 1. The van der Waals surface area contributed by atoms with Crippen LogP contribution in [0.2, 0.25) is 0 Å². The zero-order chi connectivity index (χ0) is 42.6. The maximum atomic E-state index is 13.9. The second-order valence-electron chi connectivity index (χ2n) is 17.4. The molecule has 0 saturated carbocycles. The lowest BCUT2D eigenvalue weighted by molar-refractivity contribution is -0.384. The van der Waals surface area contributed by atoms with E-state index >= 15 is 0 Å². The van der Waals surface area contributed by atoms with Gasteiger partial charge in [-0.2, -0.15) is 0 Å². The fraction of sp³-hybridized carbons (Fsp3) is 0.467. The lowest BCUT2D eigenvalue weighted by Crippen LogP contribution is -2.47. The highest BCUT2D eigenvalue weighted by atomic mass is 32.2. The molecule has 60 heavy (non-hydrogen) atoms. The van der Waals surface area contributed by atoms with Gasteiger partial charge in [-0.3, -0.25) is 19.8 Å². The summed E-state index contributed by atoms with van der Waals surface area (Å²) in [5.41, 5.74) is 5.85. The summed E-state index contributed by atoms with van der Waals surface area (Å²) in [5, 5.41) is 16.1. The number of rotatable bonds is 15. The van der Waals surface area contributed by atoms with Crippen molar-refractivity contribution in [3.63, 3.8) is 0 Å². The number of piperidine rings is 1. The van der Waals surface area contributed by atoms with Gasteiger partial charge in [0, 0.05) is 68.7 Å². The number of pyridine rings is 1. The number of H-pyrrole nitrogens is 1. The van der Waals surface area contributed by atoms with Crippen LogP contribution in [0.4, 0.5) is 17.1 Å². The van der Waals surface area contributed by atoms with Crippen LogP contribution in [0.15, 0.2) is 89.1 Å². The Hall–Kier alpha value is -5.25. The van der Waals surface area contributed by atoms with E-state index in [1.165, 1.54) is 41.5 Å². The fourth-order valence-electron chi connectivity index (χ4n) is 8.59. The molecule has 1 amide bonds. The van der Waals surface area contributed by atoms with Crippen LogP contribution in [-0.2, 0) is 10.0 Å². The Labute approximate surface area is 353 Å². The fourth-order valence-corrected chi connectivity index (χ4v) is 9.57. The Morgan fingerprint density at radius 2 is 1.83 bits per heavy atom. The first-order chi connectivity index (χ1) is 28.7. The van der Waals surface area contributed by atoms with Gasteiger partial charge >= 0.3 is 0 Å². The van der Waals surface area contributed by atoms with E-state index < -0.39 is 25.7 Å². The van der Waals surface area contributed by atoms with Crippen LogP contribution in [0.3, 0.4) is 0 Å². The van der Waals surface area contributed by atoms with Gasteiger partial charge in [0.05, 0.1) is 21.6 Å². The molecule has 2 saturated heterocycles. The molecule has 320 valence electrons. The van der Waals surface area contributed by atoms with Crippen molar-refractivity contribution >= 4 is 44.0 Å². The lowest BCUT2D eigenvalue weighted by atomic mass is 9.72. The summed E-state index contributed by atoms with van der Waals surface area (Å²) >= 11 is 0. The van der Waals surface area contributed by atoms with E-state index in [0.29, 0.717) is 23.9 Å². The van der Waals surface area contributed by atoms with Gasteiger partial charge in [-0.05, 0) is 112 Å². The number of carbonyl (C=O) groups is 1. The predicted molar refractivity (Wildman–Crippen MR) is 236 cm³/mol. The molecule has 2 fully saturated rings. The van der Waals surface area contributed by atoms with Gasteiger partial charge in [0.15, 0.2) is 0 Å². The van der Waals surface area contributed by atoms with Crippen molar-refractivity contribution in [2.24, 2.45) is 11.3 Å². The van der Waals surface area contributed by atoms with Gasteiger partial charge < -0.3 is 24.8 Å². The van der Waals surface area contributed by atoms with E-state index in [1.807, 2.05) is 6.07 Å². The maximum absolute atomic E-state index is 13.9. The number of nitro groups is 1. The van der Waals surface area contributed by atoms with Gasteiger partial charge in [0.1, 0.15) is 22.8 Å². The molecule has 1 aliphatic carbocycles. The first-order valence-electron chi connectivity index (χ1n) is 21.1. The highest BCUT2D eigenvalue weighted by Gasteiger charge is 2.31. The van der Waals surface area contributed by atoms with Crippen LogP contribution in [0.25, 0.3) is 11.0 Å². The second-order valence-corrected chi connectivity index (χ2v) is 19.1. The molecular formula is C45H58N8O6S. The number of aromatic amines is 1. The van der Waals surface area contributed by atoms with Gasteiger partial charge in [-0.25, -0.2) is 18.1 Å². The minimum atomic E-state index is -4.54. The van der Waals surface area contributed by atoms with E-state index in [9.17, 15) is 23.3 Å². The highest BCUT2D eigenvalue weighted by Crippen LogP contribution is 2.42. The number of allylic oxidation sites excluding steroid dienone is 2. The first kappa shape index (κ1) is 42.9. The number of nitro benzene ring substituents is 1. The third kappa shape index (κ3) is 10.2. The normalized spacial score (nSPS) is 18.1. The van der Waals surface area contributed by atoms with Crippen LogP contribution in [0.5, 0.6) is 11.5 Å². The van der Waals surface area contributed by atoms with E-state index in [1.54, 1.807) is 30.5 Å². The van der Waals surface area contributed by atoms with E-state index in [-0.39, 0.29) is 28.1 Å². The number of piperazine rings is 1. The Bertz CT molecular complexity index is 2380. The van der Waals surface area contributed by atoms with Crippen LogP contribution in [0, 0.1) is 21.4 Å². The van der Waals surface area contributed by atoms with Crippen molar-refractivity contribution in [3.8, 4) is 11.5 Å². The predicted octanol–water partition coefficient (Wildman–Crippen LogP) is 8.12. The summed E-state index contributed by atoms with van der Waals surface area (Å²) in [7, 11) is -2.47. The molecule has 2 aromatic heterocycles. The number of sulfonamides is 1. The second kappa shape index (κ2) is 18.2. The maximum Gasteiger partial charge on any atom is 0.293 e. The summed E-state index contributed by atoms with van der Waals surface area (Å²) in [4.78, 5) is 39.5. The molecule has 15 heteroatoms. The van der Waals surface area contributed by atoms with E-state index in [4.69, 9.17) is 4.74 Å². The van der Waals surface area contributed by atoms with E-state index in [0.717, 1.165) is 101 Å². The number of hydrogen-bond donors (Lipinski definition) is 3.